The number of benzene rings is 1. The molecule has 0 unspecified atom stereocenters. The van der Waals surface area contributed by atoms with Gasteiger partial charge in [0.25, 0.3) is 0 Å². The molecule has 0 amide bonds. The molecule has 0 aliphatic carbocycles. The van der Waals surface area contributed by atoms with Crippen molar-refractivity contribution in [2.75, 3.05) is 46.4 Å². The maximum absolute atomic E-state index is 5.70. The van der Waals surface area contributed by atoms with Crippen LogP contribution >= 0.6 is 0 Å². The Morgan fingerprint density at radius 3 is 2.80 bits per heavy atom. The van der Waals surface area contributed by atoms with Crippen LogP contribution in [0.2, 0.25) is 0 Å². The molecule has 0 bridgehead atoms. The highest BCUT2D eigenvalue weighted by molar-refractivity contribution is 5.37. The van der Waals surface area contributed by atoms with Gasteiger partial charge in [-0.3, -0.25) is 0 Å². The standard InChI is InChI=1S/C16H25N3O/c1-3-20-14-5-4-13-11-17-12-16(15(13)10-14)19-8-6-18(2)7-9-19/h4-5,10,16-17H,3,6-9,11-12H2,1-2H3/p+3/t16-/m0/s1. The first-order valence-corrected chi connectivity index (χ1v) is 8.01. The summed E-state index contributed by atoms with van der Waals surface area (Å²) in [5.41, 5.74) is 3.04. The minimum Gasteiger partial charge on any atom is -0.494 e. The molecule has 0 saturated carbocycles. The third kappa shape index (κ3) is 2.82. The van der Waals surface area contributed by atoms with Crippen LogP contribution in [0.3, 0.4) is 0 Å². The molecule has 20 heavy (non-hydrogen) atoms. The molecule has 110 valence electrons. The Balaban J connectivity index is 1.82. The van der Waals surface area contributed by atoms with E-state index in [1.807, 2.05) is 0 Å². The number of fused-ring (bicyclic) bond motifs is 1. The van der Waals surface area contributed by atoms with Crippen LogP contribution in [-0.2, 0) is 6.54 Å². The minimum atomic E-state index is 0.646. The number of hydrogen-bond donors (Lipinski definition) is 3. The highest BCUT2D eigenvalue weighted by atomic mass is 16.5. The van der Waals surface area contributed by atoms with E-state index in [-0.39, 0.29) is 0 Å². The first kappa shape index (κ1) is 13.9. The maximum Gasteiger partial charge on any atom is 0.164 e. The van der Waals surface area contributed by atoms with Crippen molar-refractivity contribution in [2.45, 2.75) is 19.5 Å². The molecule has 1 fully saturated rings. The first-order valence-electron chi connectivity index (χ1n) is 8.01. The maximum atomic E-state index is 5.70. The summed E-state index contributed by atoms with van der Waals surface area (Å²) in [5.74, 6) is 1.04. The van der Waals surface area contributed by atoms with E-state index in [1.165, 1.54) is 43.9 Å². The summed E-state index contributed by atoms with van der Waals surface area (Å²) < 4.78 is 5.70. The molecule has 4 N–H and O–H groups in total. The second-order valence-electron chi connectivity index (χ2n) is 6.19. The van der Waals surface area contributed by atoms with Crippen LogP contribution in [0.15, 0.2) is 18.2 Å². The predicted molar refractivity (Wildman–Crippen MR) is 78.2 cm³/mol. The van der Waals surface area contributed by atoms with Gasteiger partial charge < -0.3 is 19.9 Å². The number of hydrogen-bond acceptors (Lipinski definition) is 1. The van der Waals surface area contributed by atoms with E-state index >= 15 is 0 Å². The van der Waals surface area contributed by atoms with Gasteiger partial charge in [-0.05, 0) is 25.1 Å². The second kappa shape index (κ2) is 6.12. The Kier molecular flexibility index (Phi) is 4.24. The fourth-order valence-electron chi connectivity index (χ4n) is 3.61. The summed E-state index contributed by atoms with van der Waals surface area (Å²) in [5, 5.41) is 2.46. The Labute approximate surface area is 121 Å². The van der Waals surface area contributed by atoms with Crippen molar-refractivity contribution in [3.63, 3.8) is 0 Å². The van der Waals surface area contributed by atoms with Crippen molar-refractivity contribution < 1.29 is 19.9 Å². The Bertz CT molecular complexity index is 455. The highest BCUT2D eigenvalue weighted by Crippen LogP contribution is 2.23. The van der Waals surface area contributed by atoms with Crippen molar-refractivity contribution in [1.29, 1.82) is 0 Å². The van der Waals surface area contributed by atoms with Gasteiger partial charge in [-0.1, -0.05) is 0 Å². The van der Waals surface area contributed by atoms with Crippen molar-refractivity contribution in [1.82, 2.24) is 0 Å². The number of piperazine rings is 1. The lowest BCUT2D eigenvalue weighted by atomic mass is 9.94. The second-order valence-corrected chi connectivity index (χ2v) is 6.19. The molecule has 1 aromatic rings. The lowest BCUT2D eigenvalue weighted by Crippen LogP contribution is -3.28. The summed E-state index contributed by atoms with van der Waals surface area (Å²) >= 11 is 0. The van der Waals surface area contributed by atoms with Gasteiger partial charge in [0.2, 0.25) is 0 Å². The van der Waals surface area contributed by atoms with E-state index in [9.17, 15) is 0 Å². The van der Waals surface area contributed by atoms with E-state index in [0.717, 1.165) is 18.9 Å². The lowest BCUT2D eigenvalue weighted by Gasteiger charge is -2.35. The van der Waals surface area contributed by atoms with Gasteiger partial charge in [-0.25, -0.2) is 0 Å². The topological polar surface area (TPSA) is 34.7 Å². The molecule has 2 aliphatic heterocycles. The molecule has 1 atom stereocenters. The summed E-state index contributed by atoms with van der Waals surface area (Å²) in [6, 6.07) is 7.34. The molecule has 4 nitrogen and oxygen atoms in total. The average Bonchev–Trinajstić information content (AvgIpc) is 2.48. The summed E-state index contributed by atoms with van der Waals surface area (Å²) in [6.07, 6.45) is 0. The number of ether oxygens (including phenoxy) is 1. The third-order valence-corrected chi connectivity index (χ3v) is 4.81. The zero-order valence-corrected chi connectivity index (χ0v) is 12.7. The molecule has 4 heteroatoms. The molecule has 2 aliphatic rings. The zero-order valence-electron chi connectivity index (χ0n) is 12.7. The van der Waals surface area contributed by atoms with Gasteiger partial charge in [0.1, 0.15) is 45.0 Å². The SMILES string of the molecule is CCOc1ccc2c(c1)[C@@H]([NH+]1CC[NH+](C)CC1)C[NH2+]C2. The van der Waals surface area contributed by atoms with E-state index in [0.29, 0.717) is 6.04 Å². The normalized spacial score (nSPS) is 29.8. The molecular weight excluding hydrogens is 250 g/mol. The van der Waals surface area contributed by atoms with E-state index < -0.39 is 0 Å². The molecule has 1 saturated heterocycles. The number of rotatable bonds is 3. The van der Waals surface area contributed by atoms with Gasteiger partial charge >= 0.3 is 0 Å². The van der Waals surface area contributed by atoms with Crippen LogP contribution in [0.1, 0.15) is 24.1 Å². The highest BCUT2D eigenvalue weighted by Gasteiger charge is 2.34. The number of nitrogens with one attached hydrogen (secondary N) is 2. The average molecular weight is 278 g/mol. The Morgan fingerprint density at radius 2 is 2.05 bits per heavy atom. The van der Waals surface area contributed by atoms with Crippen molar-refractivity contribution in [3.05, 3.63) is 29.3 Å². The van der Waals surface area contributed by atoms with Crippen LogP contribution in [0.4, 0.5) is 0 Å². The number of quaternary nitrogens is 3. The van der Waals surface area contributed by atoms with Gasteiger partial charge in [0, 0.05) is 11.1 Å². The predicted octanol–water partition coefficient (Wildman–Crippen LogP) is -2.38. The smallest absolute Gasteiger partial charge is 0.164 e. The molecule has 2 heterocycles. The first-order chi connectivity index (χ1) is 9.78. The fourth-order valence-corrected chi connectivity index (χ4v) is 3.61. The van der Waals surface area contributed by atoms with Crippen LogP contribution < -0.4 is 19.9 Å². The lowest BCUT2D eigenvalue weighted by molar-refractivity contribution is -1.03. The summed E-state index contributed by atoms with van der Waals surface area (Å²) in [7, 11) is 2.31. The van der Waals surface area contributed by atoms with Crippen molar-refractivity contribution in [3.8, 4) is 5.75 Å². The van der Waals surface area contributed by atoms with Crippen LogP contribution in [0.25, 0.3) is 0 Å². The molecule has 0 spiro atoms. The van der Waals surface area contributed by atoms with Gasteiger partial charge in [-0.15, -0.1) is 0 Å². The third-order valence-electron chi connectivity index (χ3n) is 4.81. The Morgan fingerprint density at radius 1 is 1.25 bits per heavy atom. The van der Waals surface area contributed by atoms with Crippen LogP contribution in [-0.4, -0.2) is 46.4 Å². The number of nitrogens with two attached hydrogens (primary N) is 1. The molecule has 1 aromatic carbocycles. The largest absolute Gasteiger partial charge is 0.494 e. The Hall–Kier alpha value is -1.10. The fraction of sp³-hybridized carbons (Fsp3) is 0.625. The van der Waals surface area contributed by atoms with Crippen LogP contribution in [0, 0.1) is 0 Å². The summed E-state index contributed by atoms with van der Waals surface area (Å²) in [4.78, 5) is 3.44. The zero-order chi connectivity index (χ0) is 13.9. The number of likely N-dealkylation sites (N-methyl/N-ethyl adjacent to an activating group) is 1. The van der Waals surface area contributed by atoms with Gasteiger partial charge in [0.15, 0.2) is 6.04 Å². The van der Waals surface area contributed by atoms with E-state index in [4.69, 9.17) is 4.74 Å². The summed E-state index contributed by atoms with van der Waals surface area (Å²) in [6.45, 7) is 10.3. The molecule has 3 rings (SSSR count). The molecule has 0 radical (unpaired) electrons. The van der Waals surface area contributed by atoms with Gasteiger partial charge in [-0.2, -0.15) is 0 Å². The molecule has 0 aromatic heterocycles. The quantitative estimate of drug-likeness (QED) is 0.567. The van der Waals surface area contributed by atoms with Crippen molar-refractivity contribution >= 4 is 0 Å². The van der Waals surface area contributed by atoms with Gasteiger partial charge in [0.05, 0.1) is 13.7 Å². The monoisotopic (exact) mass is 278 g/mol. The van der Waals surface area contributed by atoms with Crippen molar-refractivity contribution in [2.24, 2.45) is 0 Å². The minimum absolute atomic E-state index is 0.646. The van der Waals surface area contributed by atoms with E-state index in [2.05, 4.69) is 37.5 Å². The van der Waals surface area contributed by atoms with Crippen LogP contribution in [0.5, 0.6) is 5.75 Å². The molecular formula is C16H28N3O+3. The van der Waals surface area contributed by atoms with E-state index in [1.54, 1.807) is 9.80 Å².